The Morgan fingerprint density at radius 1 is 1.24 bits per heavy atom. The van der Waals surface area contributed by atoms with Crippen molar-refractivity contribution >= 4 is 11.6 Å². The lowest BCUT2D eigenvalue weighted by atomic mass is 10.1. The lowest BCUT2D eigenvalue weighted by Crippen LogP contribution is -1.91. The average Bonchev–Trinajstić information content (AvgIpc) is 2.32. The number of nitrogens with zero attached hydrogens (tertiary/aromatic N) is 2. The third kappa shape index (κ3) is 2.83. The number of hydrogen-bond donors (Lipinski definition) is 0. The van der Waals surface area contributed by atoms with Crippen LogP contribution in [0, 0.1) is 6.92 Å². The molecule has 0 fully saturated rings. The highest BCUT2D eigenvalue weighted by Crippen LogP contribution is 2.25. The van der Waals surface area contributed by atoms with Crippen LogP contribution in [0.2, 0.25) is 5.02 Å². The summed E-state index contributed by atoms with van der Waals surface area (Å²) in [6.45, 7) is 4.08. The third-order valence-corrected chi connectivity index (χ3v) is 2.98. The molecule has 0 bridgehead atoms. The largest absolute Gasteiger partial charge is 0.261 e. The van der Waals surface area contributed by atoms with Gasteiger partial charge in [-0.1, -0.05) is 37.1 Å². The topological polar surface area (TPSA) is 25.8 Å². The van der Waals surface area contributed by atoms with Crippen molar-refractivity contribution in [2.75, 3.05) is 0 Å². The van der Waals surface area contributed by atoms with Gasteiger partial charge in [0.05, 0.1) is 17.6 Å². The minimum atomic E-state index is 0.813. The molecule has 0 aliphatic carbocycles. The fraction of sp³-hybridized carbons (Fsp3) is 0.286. The highest BCUT2D eigenvalue weighted by Gasteiger charge is 2.04. The Kier molecular flexibility index (Phi) is 3.75. The maximum Gasteiger partial charge on any atom is 0.0888 e. The molecule has 2 rings (SSSR count). The van der Waals surface area contributed by atoms with Crippen molar-refractivity contribution in [2.24, 2.45) is 0 Å². The van der Waals surface area contributed by atoms with Crippen LogP contribution in [-0.2, 0) is 6.42 Å². The molecule has 0 saturated heterocycles. The van der Waals surface area contributed by atoms with Crippen LogP contribution in [0.4, 0.5) is 0 Å². The van der Waals surface area contributed by atoms with Gasteiger partial charge in [-0.2, -0.15) is 0 Å². The lowest BCUT2D eigenvalue weighted by molar-refractivity contribution is 0.922. The normalized spacial score (nSPS) is 10.5. The summed E-state index contributed by atoms with van der Waals surface area (Å²) in [6, 6.07) is 6.10. The van der Waals surface area contributed by atoms with Crippen LogP contribution in [0.5, 0.6) is 0 Å². The molecule has 1 aromatic heterocycles. The molecule has 0 unspecified atom stereocenters. The van der Waals surface area contributed by atoms with Crippen molar-refractivity contribution in [3.8, 4) is 11.3 Å². The molecule has 0 radical (unpaired) electrons. The van der Waals surface area contributed by atoms with Crippen molar-refractivity contribution in [1.29, 1.82) is 0 Å². The molecule has 1 aromatic carbocycles. The summed E-state index contributed by atoms with van der Waals surface area (Å²) >= 11 is 6.25. The molecule has 0 saturated carbocycles. The van der Waals surface area contributed by atoms with Crippen LogP contribution in [0.25, 0.3) is 11.3 Å². The zero-order chi connectivity index (χ0) is 12.3. The molecule has 0 N–H and O–H groups in total. The van der Waals surface area contributed by atoms with E-state index in [1.807, 2.05) is 13.0 Å². The number of halogens is 1. The highest BCUT2D eigenvalue weighted by molar-refractivity contribution is 6.31. The summed E-state index contributed by atoms with van der Waals surface area (Å²) in [4.78, 5) is 8.58. The van der Waals surface area contributed by atoms with Gasteiger partial charge < -0.3 is 0 Å². The molecule has 2 aromatic rings. The minimum Gasteiger partial charge on any atom is -0.261 e. The van der Waals surface area contributed by atoms with Gasteiger partial charge in [-0.3, -0.25) is 4.98 Å². The standard InChI is InChI=1S/C14H15ClN2/c1-3-4-11-5-6-12(7-13(11)15)14-9-16-8-10(2)17-14/h5-9H,3-4H2,1-2H3. The second-order valence-electron chi connectivity index (χ2n) is 4.10. The van der Waals surface area contributed by atoms with Gasteiger partial charge in [0.15, 0.2) is 0 Å². The predicted molar refractivity (Wildman–Crippen MR) is 71.2 cm³/mol. The van der Waals surface area contributed by atoms with Gasteiger partial charge in [-0.05, 0) is 25.0 Å². The van der Waals surface area contributed by atoms with Crippen molar-refractivity contribution in [2.45, 2.75) is 26.7 Å². The summed E-state index contributed by atoms with van der Waals surface area (Å²) < 4.78 is 0. The van der Waals surface area contributed by atoms with Crippen LogP contribution in [-0.4, -0.2) is 9.97 Å². The predicted octanol–water partition coefficient (Wildman–Crippen LogP) is 4.06. The Bertz CT molecular complexity index is 523. The molecule has 0 amide bonds. The van der Waals surface area contributed by atoms with Gasteiger partial charge in [-0.15, -0.1) is 0 Å². The van der Waals surface area contributed by atoms with E-state index in [1.165, 1.54) is 5.56 Å². The molecule has 0 atom stereocenters. The molecule has 1 heterocycles. The molecule has 0 aliphatic rings. The SMILES string of the molecule is CCCc1ccc(-c2cncc(C)n2)cc1Cl. The van der Waals surface area contributed by atoms with Gasteiger partial charge in [0.25, 0.3) is 0 Å². The maximum atomic E-state index is 6.25. The summed E-state index contributed by atoms with van der Waals surface area (Å²) in [5, 5.41) is 0.813. The van der Waals surface area contributed by atoms with Gasteiger partial charge in [-0.25, -0.2) is 4.98 Å². The summed E-state index contributed by atoms with van der Waals surface area (Å²) in [5.41, 5.74) is 4.00. The van der Waals surface area contributed by atoms with Crippen LogP contribution in [0.1, 0.15) is 24.6 Å². The number of benzene rings is 1. The average molecular weight is 247 g/mol. The number of aryl methyl sites for hydroxylation is 2. The molecular formula is C14H15ClN2. The Morgan fingerprint density at radius 2 is 2.06 bits per heavy atom. The zero-order valence-corrected chi connectivity index (χ0v) is 10.8. The molecule has 2 nitrogen and oxygen atoms in total. The fourth-order valence-corrected chi connectivity index (χ4v) is 2.06. The summed E-state index contributed by atoms with van der Waals surface area (Å²) in [5.74, 6) is 0. The van der Waals surface area contributed by atoms with Gasteiger partial charge in [0.2, 0.25) is 0 Å². The van der Waals surface area contributed by atoms with E-state index >= 15 is 0 Å². The Morgan fingerprint density at radius 3 is 2.71 bits per heavy atom. The van der Waals surface area contributed by atoms with Crippen molar-refractivity contribution in [3.63, 3.8) is 0 Å². The molecule has 17 heavy (non-hydrogen) atoms. The second kappa shape index (κ2) is 5.28. The van der Waals surface area contributed by atoms with E-state index in [0.29, 0.717) is 0 Å². The first-order valence-corrected chi connectivity index (χ1v) is 6.16. The molecule has 0 aliphatic heterocycles. The van der Waals surface area contributed by atoms with Crippen LogP contribution < -0.4 is 0 Å². The van der Waals surface area contributed by atoms with Gasteiger partial charge in [0.1, 0.15) is 0 Å². The second-order valence-corrected chi connectivity index (χ2v) is 4.51. The van der Waals surface area contributed by atoms with E-state index in [-0.39, 0.29) is 0 Å². The van der Waals surface area contributed by atoms with E-state index in [1.54, 1.807) is 12.4 Å². The van der Waals surface area contributed by atoms with Crippen LogP contribution in [0.3, 0.4) is 0 Å². The van der Waals surface area contributed by atoms with Gasteiger partial charge >= 0.3 is 0 Å². The smallest absolute Gasteiger partial charge is 0.0888 e. The van der Waals surface area contributed by atoms with E-state index in [2.05, 4.69) is 29.0 Å². The molecule has 3 heteroatoms. The van der Waals surface area contributed by atoms with E-state index in [9.17, 15) is 0 Å². The number of rotatable bonds is 3. The Balaban J connectivity index is 2.37. The first-order valence-electron chi connectivity index (χ1n) is 5.78. The van der Waals surface area contributed by atoms with Crippen molar-refractivity contribution in [3.05, 3.63) is 46.9 Å². The minimum absolute atomic E-state index is 0.813. The lowest BCUT2D eigenvalue weighted by Gasteiger charge is -2.06. The molecular weight excluding hydrogens is 232 g/mol. The third-order valence-electron chi connectivity index (χ3n) is 2.62. The van der Waals surface area contributed by atoms with Gasteiger partial charge in [0, 0.05) is 16.8 Å². The van der Waals surface area contributed by atoms with Crippen molar-refractivity contribution < 1.29 is 0 Å². The molecule has 88 valence electrons. The summed E-state index contributed by atoms with van der Waals surface area (Å²) in [6.07, 6.45) is 5.62. The first-order chi connectivity index (χ1) is 8.20. The van der Waals surface area contributed by atoms with Crippen LogP contribution >= 0.6 is 11.6 Å². The highest BCUT2D eigenvalue weighted by atomic mass is 35.5. The first kappa shape index (κ1) is 12.1. The van der Waals surface area contributed by atoms with Crippen LogP contribution in [0.15, 0.2) is 30.6 Å². The summed E-state index contributed by atoms with van der Waals surface area (Å²) in [7, 11) is 0. The Hall–Kier alpha value is -1.41. The van der Waals surface area contributed by atoms with E-state index < -0.39 is 0 Å². The Labute approximate surface area is 107 Å². The maximum absolute atomic E-state index is 6.25. The van der Waals surface area contributed by atoms with Crippen molar-refractivity contribution in [1.82, 2.24) is 9.97 Å². The monoisotopic (exact) mass is 246 g/mol. The van der Waals surface area contributed by atoms with E-state index in [0.717, 1.165) is 34.8 Å². The zero-order valence-electron chi connectivity index (χ0n) is 10.1. The van der Waals surface area contributed by atoms with E-state index in [4.69, 9.17) is 11.6 Å². The number of hydrogen-bond acceptors (Lipinski definition) is 2. The fourth-order valence-electron chi connectivity index (χ4n) is 1.78. The number of aromatic nitrogens is 2. The quantitative estimate of drug-likeness (QED) is 0.816. The molecule has 0 spiro atoms.